The fourth-order valence-corrected chi connectivity index (χ4v) is 2.26. The Bertz CT molecular complexity index is 422. The minimum atomic E-state index is 0. The van der Waals surface area contributed by atoms with Crippen molar-refractivity contribution < 1.29 is 4.74 Å². The van der Waals surface area contributed by atoms with E-state index in [0.29, 0.717) is 17.9 Å². The van der Waals surface area contributed by atoms with Crippen molar-refractivity contribution in [1.29, 1.82) is 5.26 Å². The van der Waals surface area contributed by atoms with Crippen LogP contribution in [0.1, 0.15) is 25.3 Å². The lowest BCUT2D eigenvalue weighted by Gasteiger charge is -2.29. The molecule has 0 amide bonds. The van der Waals surface area contributed by atoms with E-state index in [2.05, 4.69) is 17.9 Å². The second-order valence-corrected chi connectivity index (χ2v) is 4.98. The lowest BCUT2D eigenvalue weighted by Crippen LogP contribution is -2.35. The molecule has 1 aromatic rings. The van der Waals surface area contributed by atoms with E-state index in [4.69, 9.17) is 10.00 Å². The molecule has 2 rings (SSSR count). The number of hydrogen-bond donors (Lipinski definition) is 0. The summed E-state index contributed by atoms with van der Waals surface area (Å²) in [6, 6.07) is 9.56. The maximum Gasteiger partial charge on any atom is 0.137 e. The van der Waals surface area contributed by atoms with Crippen molar-refractivity contribution >= 4 is 12.4 Å². The highest BCUT2D eigenvalue weighted by Gasteiger charge is 2.15. The van der Waals surface area contributed by atoms with Gasteiger partial charge in [0.05, 0.1) is 5.56 Å². The minimum absolute atomic E-state index is 0. The van der Waals surface area contributed by atoms with Crippen LogP contribution in [0.5, 0.6) is 5.75 Å². The molecule has 1 saturated heterocycles. The number of likely N-dealkylation sites (tertiary alicyclic amines) is 1. The molecule has 0 spiro atoms. The van der Waals surface area contributed by atoms with Crippen molar-refractivity contribution in [2.24, 2.45) is 5.92 Å². The normalized spacial score (nSPS) is 16.4. The third-order valence-corrected chi connectivity index (χ3v) is 3.55. The van der Waals surface area contributed by atoms with Crippen LogP contribution in [-0.4, -0.2) is 31.1 Å². The van der Waals surface area contributed by atoms with Crippen LogP contribution >= 0.6 is 12.4 Å². The standard InChI is InChI=1S/C15H20N2O.ClH/c1-13-6-8-17(9-7-13)10-11-18-15-5-3-2-4-14(15)12-16;/h2-5,13H,6-11H2,1H3;1H. The molecule has 0 bridgehead atoms. The van der Waals surface area contributed by atoms with E-state index in [0.717, 1.165) is 12.5 Å². The van der Waals surface area contributed by atoms with Gasteiger partial charge in [-0.15, -0.1) is 12.4 Å². The molecule has 1 aliphatic rings. The third kappa shape index (κ3) is 4.74. The highest BCUT2D eigenvalue weighted by atomic mass is 35.5. The highest BCUT2D eigenvalue weighted by Crippen LogP contribution is 2.18. The van der Waals surface area contributed by atoms with E-state index >= 15 is 0 Å². The molecule has 0 saturated carbocycles. The van der Waals surface area contributed by atoms with Crippen LogP contribution in [0.2, 0.25) is 0 Å². The maximum absolute atomic E-state index is 8.96. The topological polar surface area (TPSA) is 36.3 Å². The fraction of sp³-hybridized carbons (Fsp3) is 0.533. The van der Waals surface area contributed by atoms with E-state index in [1.165, 1.54) is 25.9 Å². The summed E-state index contributed by atoms with van der Waals surface area (Å²) in [4.78, 5) is 2.44. The van der Waals surface area contributed by atoms with Crippen LogP contribution in [0.4, 0.5) is 0 Å². The van der Waals surface area contributed by atoms with Gasteiger partial charge in [0.15, 0.2) is 0 Å². The zero-order valence-corrected chi connectivity index (χ0v) is 12.2. The largest absolute Gasteiger partial charge is 0.491 e. The van der Waals surface area contributed by atoms with Crippen LogP contribution in [0, 0.1) is 17.2 Å². The number of rotatable bonds is 4. The van der Waals surface area contributed by atoms with Crippen LogP contribution in [0.25, 0.3) is 0 Å². The number of benzene rings is 1. The Hall–Kier alpha value is -1.24. The van der Waals surface area contributed by atoms with Gasteiger partial charge in [0.2, 0.25) is 0 Å². The summed E-state index contributed by atoms with van der Waals surface area (Å²) in [6.45, 7) is 6.27. The van der Waals surface area contributed by atoms with Crippen molar-refractivity contribution in [3.05, 3.63) is 29.8 Å². The third-order valence-electron chi connectivity index (χ3n) is 3.55. The molecule has 4 heteroatoms. The van der Waals surface area contributed by atoms with Gasteiger partial charge in [-0.1, -0.05) is 19.1 Å². The number of nitriles is 1. The molecule has 1 aliphatic heterocycles. The van der Waals surface area contributed by atoms with Gasteiger partial charge >= 0.3 is 0 Å². The number of ether oxygens (including phenoxy) is 1. The molecular weight excluding hydrogens is 260 g/mol. The molecule has 0 aromatic heterocycles. The zero-order valence-electron chi connectivity index (χ0n) is 11.3. The Morgan fingerprint density at radius 2 is 2.00 bits per heavy atom. The summed E-state index contributed by atoms with van der Waals surface area (Å²) in [5.41, 5.74) is 0.616. The average molecular weight is 281 g/mol. The number of piperidine rings is 1. The van der Waals surface area contributed by atoms with E-state index in [1.54, 1.807) is 6.07 Å². The van der Waals surface area contributed by atoms with E-state index in [9.17, 15) is 0 Å². The molecule has 19 heavy (non-hydrogen) atoms. The Kier molecular flexibility index (Phi) is 6.69. The second-order valence-electron chi connectivity index (χ2n) is 4.98. The first-order valence-corrected chi connectivity index (χ1v) is 6.64. The smallest absolute Gasteiger partial charge is 0.137 e. The molecule has 0 aliphatic carbocycles. The molecule has 0 unspecified atom stereocenters. The summed E-state index contributed by atoms with van der Waals surface area (Å²) in [7, 11) is 0. The maximum atomic E-state index is 8.96. The lowest BCUT2D eigenvalue weighted by molar-refractivity contribution is 0.160. The Morgan fingerprint density at radius 3 is 2.68 bits per heavy atom. The number of nitrogens with zero attached hydrogens (tertiary/aromatic N) is 2. The quantitative estimate of drug-likeness (QED) is 0.850. The second kappa shape index (κ2) is 8.04. The monoisotopic (exact) mass is 280 g/mol. The summed E-state index contributed by atoms with van der Waals surface area (Å²) in [5.74, 6) is 1.56. The van der Waals surface area contributed by atoms with Gasteiger partial charge in [-0.3, -0.25) is 4.90 Å². The molecule has 0 atom stereocenters. The molecular formula is C15H21ClN2O. The van der Waals surface area contributed by atoms with Crippen molar-refractivity contribution in [3.8, 4) is 11.8 Å². The molecule has 1 heterocycles. The predicted molar refractivity (Wildman–Crippen MR) is 78.7 cm³/mol. The zero-order chi connectivity index (χ0) is 12.8. The summed E-state index contributed by atoms with van der Waals surface area (Å²) < 4.78 is 5.69. The molecule has 104 valence electrons. The highest BCUT2D eigenvalue weighted by molar-refractivity contribution is 5.85. The number of hydrogen-bond acceptors (Lipinski definition) is 3. The SMILES string of the molecule is CC1CCN(CCOc2ccccc2C#N)CC1.Cl. The Labute approximate surface area is 121 Å². The van der Waals surface area contributed by atoms with Crippen molar-refractivity contribution in [2.75, 3.05) is 26.2 Å². The van der Waals surface area contributed by atoms with Crippen LogP contribution in [0.3, 0.4) is 0 Å². The van der Waals surface area contributed by atoms with Crippen LogP contribution < -0.4 is 4.74 Å². The van der Waals surface area contributed by atoms with E-state index in [-0.39, 0.29) is 12.4 Å². The average Bonchev–Trinajstić information content (AvgIpc) is 2.41. The molecule has 3 nitrogen and oxygen atoms in total. The van der Waals surface area contributed by atoms with Crippen molar-refractivity contribution in [2.45, 2.75) is 19.8 Å². The fourth-order valence-electron chi connectivity index (χ4n) is 2.26. The molecule has 0 radical (unpaired) electrons. The first-order chi connectivity index (χ1) is 8.79. The number of para-hydroxylation sites is 1. The van der Waals surface area contributed by atoms with Gasteiger partial charge in [0, 0.05) is 6.54 Å². The first kappa shape index (κ1) is 15.8. The first-order valence-electron chi connectivity index (χ1n) is 6.64. The predicted octanol–water partition coefficient (Wildman–Crippen LogP) is 3.09. The summed E-state index contributed by atoms with van der Waals surface area (Å²) >= 11 is 0. The van der Waals surface area contributed by atoms with E-state index in [1.807, 2.05) is 18.2 Å². The van der Waals surface area contributed by atoms with Gasteiger partial charge in [0.25, 0.3) is 0 Å². The molecule has 1 aromatic carbocycles. The van der Waals surface area contributed by atoms with Gasteiger partial charge in [-0.25, -0.2) is 0 Å². The van der Waals surface area contributed by atoms with Crippen LogP contribution in [0.15, 0.2) is 24.3 Å². The molecule has 1 fully saturated rings. The minimum Gasteiger partial charge on any atom is -0.491 e. The van der Waals surface area contributed by atoms with Gasteiger partial charge < -0.3 is 4.74 Å². The van der Waals surface area contributed by atoms with Gasteiger partial charge in [-0.2, -0.15) is 5.26 Å². The van der Waals surface area contributed by atoms with Gasteiger partial charge in [-0.05, 0) is 44.0 Å². The lowest BCUT2D eigenvalue weighted by atomic mass is 9.99. The Morgan fingerprint density at radius 1 is 1.32 bits per heavy atom. The number of halogens is 1. The van der Waals surface area contributed by atoms with Crippen molar-refractivity contribution in [1.82, 2.24) is 4.90 Å². The van der Waals surface area contributed by atoms with Crippen molar-refractivity contribution in [3.63, 3.8) is 0 Å². The Balaban J connectivity index is 0.00000180. The summed E-state index contributed by atoms with van der Waals surface area (Å²) in [5, 5.41) is 8.96. The van der Waals surface area contributed by atoms with E-state index < -0.39 is 0 Å². The van der Waals surface area contributed by atoms with Gasteiger partial charge in [0.1, 0.15) is 18.4 Å². The summed E-state index contributed by atoms with van der Waals surface area (Å²) in [6.07, 6.45) is 2.57. The van der Waals surface area contributed by atoms with Crippen LogP contribution in [-0.2, 0) is 0 Å². The molecule has 0 N–H and O–H groups in total.